The molecule has 1 aliphatic heterocycles. The summed E-state index contributed by atoms with van der Waals surface area (Å²) in [5, 5.41) is 5.79. The lowest BCUT2D eigenvalue weighted by Crippen LogP contribution is -2.35. The molecule has 1 unspecified atom stereocenters. The van der Waals surface area contributed by atoms with Gasteiger partial charge in [-0.1, -0.05) is 0 Å². The number of rotatable bonds is 4. The Morgan fingerprint density at radius 1 is 1.35 bits per heavy atom. The Kier molecular flexibility index (Phi) is 4.03. The largest absolute Gasteiger partial charge is 0.451 e. The molecule has 1 atom stereocenters. The molecule has 112 valence electrons. The van der Waals surface area contributed by atoms with Gasteiger partial charge in [0.25, 0.3) is 0 Å². The van der Waals surface area contributed by atoms with Crippen LogP contribution in [-0.2, 0) is 10.9 Å². The maximum Gasteiger partial charge on any atom is 0.451 e. The van der Waals surface area contributed by atoms with Gasteiger partial charge < -0.3 is 15.4 Å². The Labute approximate surface area is 114 Å². The second kappa shape index (κ2) is 5.43. The van der Waals surface area contributed by atoms with Crippen molar-refractivity contribution in [1.82, 2.24) is 9.97 Å². The molecule has 0 aliphatic carbocycles. The van der Waals surface area contributed by atoms with Crippen LogP contribution < -0.4 is 10.6 Å². The number of hydrogen-bond acceptors (Lipinski definition) is 5. The summed E-state index contributed by atoms with van der Waals surface area (Å²) >= 11 is 0. The maximum atomic E-state index is 12.8. The van der Waals surface area contributed by atoms with E-state index in [2.05, 4.69) is 20.6 Å². The molecule has 0 aromatic carbocycles. The van der Waals surface area contributed by atoms with Crippen molar-refractivity contribution >= 4 is 11.6 Å². The fraction of sp³-hybridized carbons (Fsp3) is 0.667. The van der Waals surface area contributed by atoms with Gasteiger partial charge in [-0.3, -0.25) is 0 Å². The average Bonchev–Trinajstić information content (AvgIpc) is 2.74. The number of alkyl halides is 3. The van der Waals surface area contributed by atoms with Crippen LogP contribution in [0.2, 0.25) is 0 Å². The molecule has 2 heterocycles. The number of nitrogens with zero attached hydrogens (tertiary/aromatic N) is 2. The highest BCUT2D eigenvalue weighted by Gasteiger charge is 2.36. The standard InChI is InChI=1S/C12H17F3N4O/c1-3-16-8-6-9(18-10(17-8)12(13,14)15)19-11(2)4-5-20-7-11/h6H,3-5,7H2,1-2H3,(H2,16,17,18,19). The first kappa shape index (κ1) is 14.8. The van der Waals surface area contributed by atoms with Gasteiger partial charge in [0.15, 0.2) is 0 Å². The van der Waals surface area contributed by atoms with E-state index in [1.54, 1.807) is 6.92 Å². The van der Waals surface area contributed by atoms with Gasteiger partial charge in [-0.05, 0) is 20.3 Å². The molecule has 0 saturated carbocycles. The van der Waals surface area contributed by atoms with Crippen LogP contribution in [0.25, 0.3) is 0 Å². The molecule has 20 heavy (non-hydrogen) atoms. The minimum Gasteiger partial charge on any atom is -0.379 e. The SMILES string of the molecule is CCNc1cc(NC2(C)CCOC2)nc(C(F)(F)F)n1. The summed E-state index contributed by atoms with van der Waals surface area (Å²) in [7, 11) is 0. The van der Waals surface area contributed by atoms with Crippen molar-refractivity contribution in [3.8, 4) is 0 Å². The monoisotopic (exact) mass is 290 g/mol. The van der Waals surface area contributed by atoms with E-state index >= 15 is 0 Å². The summed E-state index contributed by atoms with van der Waals surface area (Å²) in [4.78, 5) is 7.03. The van der Waals surface area contributed by atoms with Crippen molar-refractivity contribution < 1.29 is 17.9 Å². The zero-order valence-electron chi connectivity index (χ0n) is 11.3. The zero-order valence-corrected chi connectivity index (χ0v) is 11.3. The van der Waals surface area contributed by atoms with Crippen molar-refractivity contribution in [2.45, 2.75) is 32.0 Å². The zero-order chi connectivity index (χ0) is 14.8. The predicted octanol–water partition coefficient (Wildman–Crippen LogP) is 2.52. The van der Waals surface area contributed by atoms with E-state index < -0.39 is 17.5 Å². The second-order valence-electron chi connectivity index (χ2n) is 4.98. The van der Waals surface area contributed by atoms with Crippen LogP contribution in [0.4, 0.5) is 24.8 Å². The van der Waals surface area contributed by atoms with Gasteiger partial charge in [-0.2, -0.15) is 13.2 Å². The Bertz CT molecular complexity index is 472. The summed E-state index contributed by atoms with van der Waals surface area (Å²) in [5.41, 5.74) is -0.402. The first-order valence-corrected chi connectivity index (χ1v) is 6.38. The third-order valence-corrected chi connectivity index (χ3v) is 2.99. The Hall–Kier alpha value is -1.57. The molecule has 1 aliphatic rings. The molecule has 0 amide bonds. The minimum atomic E-state index is -4.57. The summed E-state index contributed by atoms with van der Waals surface area (Å²) in [6, 6.07) is 1.47. The Balaban J connectivity index is 2.29. The highest BCUT2D eigenvalue weighted by Crippen LogP contribution is 2.30. The van der Waals surface area contributed by atoms with E-state index in [1.807, 2.05) is 6.92 Å². The molecule has 0 radical (unpaired) electrons. The van der Waals surface area contributed by atoms with E-state index in [0.717, 1.165) is 6.42 Å². The van der Waals surface area contributed by atoms with Crippen molar-refractivity contribution in [1.29, 1.82) is 0 Å². The molecule has 1 aromatic heterocycles. The van der Waals surface area contributed by atoms with Gasteiger partial charge in [0.05, 0.1) is 12.1 Å². The first-order valence-electron chi connectivity index (χ1n) is 6.38. The molecular weight excluding hydrogens is 273 g/mol. The van der Waals surface area contributed by atoms with Gasteiger partial charge in [0, 0.05) is 19.2 Å². The van der Waals surface area contributed by atoms with E-state index in [4.69, 9.17) is 4.74 Å². The molecule has 1 aromatic rings. The average molecular weight is 290 g/mol. The topological polar surface area (TPSA) is 59.1 Å². The van der Waals surface area contributed by atoms with Gasteiger partial charge in [-0.15, -0.1) is 0 Å². The van der Waals surface area contributed by atoms with E-state index in [0.29, 0.717) is 19.8 Å². The highest BCUT2D eigenvalue weighted by molar-refractivity contribution is 5.49. The lowest BCUT2D eigenvalue weighted by molar-refractivity contribution is -0.144. The summed E-state index contributed by atoms with van der Waals surface area (Å²) in [6.45, 7) is 5.18. The molecule has 0 spiro atoms. The lowest BCUT2D eigenvalue weighted by atomic mass is 10.0. The number of nitrogens with one attached hydrogen (secondary N) is 2. The Morgan fingerprint density at radius 3 is 2.60 bits per heavy atom. The molecule has 0 bridgehead atoms. The number of ether oxygens (including phenoxy) is 1. The Morgan fingerprint density at radius 2 is 2.05 bits per heavy atom. The van der Waals surface area contributed by atoms with Crippen molar-refractivity contribution in [2.24, 2.45) is 0 Å². The van der Waals surface area contributed by atoms with Crippen molar-refractivity contribution in [3.63, 3.8) is 0 Å². The highest BCUT2D eigenvalue weighted by atomic mass is 19.4. The fourth-order valence-corrected chi connectivity index (χ4v) is 1.98. The van der Waals surface area contributed by atoms with Crippen LogP contribution >= 0.6 is 0 Å². The van der Waals surface area contributed by atoms with Gasteiger partial charge >= 0.3 is 6.18 Å². The maximum absolute atomic E-state index is 12.8. The third kappa shape index (κ3) is 3.50. The molecule has 5 nitrogen and oxygen atoms in total. The van der Waals surface area contributed by atoms with Gasteiger partial charge in [0.1, 0.15) is 11.6 Å². The molecule has 2 N–H and O–H groups in total. The van der Waals surface area contributed by atoms with Gasteiger partial charge in [-0.25, -0.2) is 9.97 Å². The lowest BCUT2D eigenvalue weighted by Gasteiger charge is -2.24. The summed E-state index contributed by atoms with van der Waals surface area (Å²) in [5.74, 6) is -0.850. The molecule has 2 rings (SSSR count). The second-order valence-corrected chi connectivity index (χ2v) is 4.98. The van der Waals surface area contributed by atoms with E-state index in [9.17, 15) is 13.2 Å². The van der Waals surface area contributed by atoms with Crippen molar-refractivity contribution in [2.75, 3.05) is 30.4 Å². The summed E-state index contributed by atoms with van der Waals surface area (Å²) < 4.78 is 43.6. The first-order chi connectivity index (χ1) is 9.32. The number of aromatic nitrogens is 2. The minimum absolute atomic E-state index is 0.149. The van der Waals surface area contributed by atoms with Crippen LogP contribution in [0.15, 0.2) is 6.07 Å². The van der Waals surface area contributed by atoms with Crippen molar-refractivity contribution in [3.05, 3.63) is 11.9 Å². The smallest absolute Gasteiger partial charge is 0.379 e. The quantitative estimate of drug-likeness (QED) is 0.892. The van der Waals surface area contributed by atoms with Gasteiger partial charge in [0.2, 0.25) is 5.82 Å². The molecular formula is C12H17F3N4O. The number of hydrogen-bond donors (Lipinski definition) is 2. The molecule has 1 saturated heterocycles. The third-order valence-electron chi connectivity index (χ3n) is 2.99. The predicted molar refractivity (Wildman–Crippen MR) is 68.7 cm³/mol. The van der Waals surface area contributed by atoms with Crippen LogP contribution in [-0.4, -0.2) is 35.3 Å². The number of halogens is 3. The normalized spacial score (nSPS) is 22.9. The van der Waals surface area contributed by atoms with Crippen LogP contribution in [0.3, 0.4) is 0 Å². The van der Waals surface area contributed by atoms with E-state index in [1.165, 1.54) is 6.07 Å². The van der Waals surface area contributed by atoms with Crippen LogP contribution in [0, 0.1) is 0 Å². The molecule has 8 heteroatoms. The number of anilines is 2. The summed E-state index contributed by atoms with van der Waals surface area (Å²) in [6.07, 6.45) is -3.86. The van der Waals surface area contributed by atoms with Crippen LogP contribution in [0.1, 0.15) is 26.1 Å². The fourth-order valence-electron chi connectivity index (χ4n) is 1.98. The van der Waals surface area contributed by atoms with E-state index in [-0.39, 0.29) is 11.6 Å². The molecule has 1 fully saturated rings. The van der Waals surface area contributed by atoms with Crippen LogP contribution in [0.5, 0.6) is 0 Å².